The fourth-order valence-corrected chi connectivity index (χ4v) is 3.80. The van der Waals surface area contributed by atoms with Gasteiger partial charge in [0.15, 0.2) is 0 Å². The van der Waals surface area contributed by atoms with Crippen LogP contribution < -0.4 is 0 Å². The van der Waals surface area contributed by atoms with Crippen LogP contribution in [-0.2, 0) is 4.79 Å². The quantitative estimate of drug-likeness (QED) is 0.875. The smallest absolute Gasteiger partial charge is 0.306 e. The number of fused-ring (bicyclic) bond motifs is 1. The van der Waals surface area contributed by atoms with Gasteiger partial charge in [-0.1, -0.05) is 62.2 Å². The number of hydrogen-bond acceptors (Lipinski definition) is 1. The van der Waals surface area contributed by atoms with Crippen LogP contribution in [0.4, 0.5) is 0 Å². The summed E-state index contributed by atoms with van der Waals surface area (Å²) in [6.45, 7) is 2.19. The average molecular weight is 282 g/mol. The fourth-order valence-electron chi connectivity index (χ4n) is 3.80. The van der Waals surface area contributed by atoms with Gasteiger partial charge in [-0.2, -0.15) is 0 Å². The predicted molar refractivity (Wildman–Crippen MR) is 85.4 cm³/mol. The van der Waals surface area contributed by atoms with Gasteiger partial charge in [-0.15, -0.1) is 0 Å². The Morgan fingerprint density at radius 1 is 1.10 bits per heavy atom. The SMILES string of the molecule is C[C@@H](c1ccc2ccccc2c1)[C@@H]1CCCC[C@@H]1C(=O)O. The third-order valence-electron chi connectivity index (χ3n) is 5.08. The normalized spacial score (nSPS) is 23.9. The molecule has 1 N–H and O–H groups in total. The molecule has 0 unspecified atom stereocenters. The summed E-state index contributed by atoms with van der Waals surface area (Å²) in [6.07, 6.45) is 4.08. The Balaban J connectivity index is 1.91. The first-order valence-corrected chi connectivity index (χ1v) is 7.88. The molecule has 21 heavy (non-hydrogen) atoms. The van der Waals surface area contributed by atoms with Crippen molar-refractivity contribution in [3.8, 4) is 0 Å². The van der Waals surface area contributed by atoms with Gasteiger partial charge in [-0.05, 0) is 41.0 Å². The van der Waals surface area contributed by atoms with Gasteiger partial charge in [0.25, 0.3) is 0 Å². The van der Waals surface area contributed by atoms with Gasteiger partial charge >= 0.3 is 5.97 Å². The number of hydrogen-bond donors (Lipinski definition) is 1. The molecule has 2 nitrogen and oxygen atoms in total. The van der Waals surface area contributed by atoms with Gasteiger partial charge in [0.2, 0.25) is 0 Å². The second kappa shape index (κ2) is 5.88. The van der Waals surface area contributed by atoms with Crippen LogP contribution in [0.3, 0.4) is 0 Å². The number of benzene rings is 2. The molecule has 0 radical (unpaired) electrons. The van der Waals surface area contributed by atoms with E-state index in [9.17, 15) is 9.90 Å². The maximum absolute atomic E-state index is 11.5. The summed E-state index contributed by atoms with van der Waals surface area (Å²) in [5.41, 5.74) is 1.27. The number of aliphatic carboxylic acids is 1. The molecule has 0 aromatic heterocycles. The number of carboxylic acids is 1. The Bertz CT molecular complexity index is 647. The van der Waals surface area contributed by atoms with Crippen molar-refractivity contribution in [2.24, 2.45) is 11.8 Å². The molecule has 1 fully saturated rings. The molecule has 110 valence electrons. The third-order valence-corrected chi connectivity index (χ3v) is 5.08. The Labute approximate surface area is 125 Å². The summed E-state index contributed by atoms with van der Waals surface area (Å²) in [5, 5.41) is 12.0. The maximum atomic E-state index is 11.5. The van der Waals surface area contributed by atoms with E-state index in [0.29, 0.717) is 5.92 Å². The Morgan fingerprint density at radius 3 is 2.57 bits per heavy atom. The first-order valence-electron chi connectivity index (χ1n) is 7.88. The Kier molecular flexibility index (Phi) is 3.96. The molecular formula is C19H22O2. The molecule has 0 amide bonds. The molecule has 3 rings (SSSR count). The van der Waals surface area contributed by atoms with E-state index in [1.165, 1.54) is 16.3 Å². The molecule has 1 aliphatic carbocycles. The zero-order valence-corrected chi connectivity index (χ0v) is 12.5. The average Bonchev–Trinajstić information content (AvgIpc) is 2.53. The largest absolute Gasteiger partial charge is 0.481 e. The predicted octanol–water partition coefficient (Wildman–Crippen LogP) is 4.83. The topological polar surface area (TPSA) is 37.3 Å². The molecule has 0 bridgehead atoms. The standard InChI is InChI=1S/C19H22O2/c1-13(17-8-4-5-9-18(17)19(20)21)15-11-10-14-6-2-3-7-16(14)12-15/h2-3,6-7,10-13,17-18H,4-5,8-9H2,1H3,(H,20,21)/t13-,17-,18-/m0/s1. The first-order chi connectivity index (χ1) is 10.2. The lowest BCUT2D eigenvalue weighted by atomic mass is 9.71. The molecule has 0 spiro atoms. The second-order valence-electron chi connectivity index (χ2n) is 6.29. The van der Waals surface area contributed by atoms with Gasteiger partial charge in [0.05, 0.1) is 5.92 Å². The molecule has 0 heterocycles. The van der Waals surface area contributed by atoms with E-state index in [4.69, 9.17) is 0 Å². The summed E-state index contributed by atoms with van der Waals surface area (Å²) in [7, 11) is 0. The van der Waals surface area contributed by atoms with Gasteiger partial charge in [0.1, 0.15) is 0 Å². The molecule has 3 atom stereocenters. The highest BCUT2D eigenvalue weighted by Crippen LogP contribution is 2.40. The lowest BCUT2D eigenvalue weighted by Crippen LogP contribution is -2.30. The lowest BCUT2D eigenvalue weighted by Gasteiger charge is -2.33. The fraction of sp³-hybridized carbons (Fsp3) is 0.421. The van der Waals surface area contributed by atoms with Crippen LogP contribution >= 0.6 is 0 Å². The van der Waals surface area contributed by atoms with Crippen molar-refractivity contribution in [3.05, 3.63) is 48.0 Å². The summed E-state index contributed by atoms with van der Waals surface area (Å²) in [4.78, 5) is 11.5. The molecular weight excluding hydrogens is 260 g/mol. The highest BCUT2D eigenvalue weighted by Gasteiger charge is 2.34. The zero-order valence-electron chi connectivity index (χ0n) is 12.5. The highest BCUT2D eigenvalue weighted by molar-refractivity contribution is 5.83. The van der Waals surface area contributed by atoms with Crippen molar-refractivity contribution >= 4 is 16.7 Å². The lowest BCUT2D eigenvalue weighted by molar-refractivity contribution is -0.145. The molecule has 2 heteroatoms. The summed E-state index contributed by atoms with van der Waals surface area (Å²) < 4.78 is 0. The van der Waals surface area contributed by atoms with Crippen molar-refractivity contribution in [1.29, 1.82) is 0 Å². The minimum atomic E-state index is -0.618. The van der Waals surface area contributed by atoms with Crippen molar-refractivity contribution in [3.63, 3.8) is 0 Å². The molecule has 2 aromatic carbocycles. The number of rotatable bonds is 3. The molecule has 0 aliphatic heterocycles. The number of carbonyl (C=O) groups is 1. The maximum Gasteiger partial charge on any atom is 0.306 e. The molecule has 1 saturated carbocycles. The second-order valence-corrected chi connectivity index (χ2v) is 6.29. The van der Waals surface area contributed by atoms with E-state index in [1.807, 2.05) is 6.07 Å². The van der Waals surface area contributed by atoms with E-state index in [1.54, 1.807) is 0 Å². The van der Waals surface area contributed by atoms with Crippen molar-refractivity contribution in [2.75, 3.05) is 0 Å². The van der Waals surface area contributed by atoms with E-state index in [2.05, 4.69) is 43.3 Å². The minimum absolute atomic E-state index is 0.180. The van der Waals surface area contributed by atoms with Crippen LogP contribution in [0.15, 0.2) is 42.5 Å². The van der Waals surface area contributed by atoms with Gasteiger partial charge < -0.3 is 5.11 Å². The highest BCUT2D eigenvalue weighted by atomic mass is 16.4. The van der Waals surface area contributed by atoms with Gasteiger partial charge in [-0.25, -0.2) is 0 Å². The zero-order chi connectivity index (χ0) is 14.8. The van der Waals surface area contributed by atoms with Crippen LogP contribution in [-0.4, -0.2) is 11.1 Å². The van der Waals surface area contributed by atoms with Crippen molar-refractivity contribution in [1.82, 2.24) is 0 Å². The van der Waals surface area contributed by atoms with Crippen LogP contribution in [0.5, 0.6) is 0 Å². The Hall–Kier alpha value is -1.83. The first kappa shape index (κ1) is 14.1. The Morgan fingerprint density at radius 2 is 1.81 bits per heavy atom. The van der Waals surface area contributed by atoms with Crippen LogP contribution in [0.25, 0.3) is 10.8 Å². The monoisotopic (exact) mass is 282 g/mol. The van der Waals surface area contributed by atoms with E-state index in [0.717, 1.165) is 25.7 Å². The van der Waals surface area contributed by atoms with Crippen molar-refractivity contribution in [2.45, 2.75) is 38.5 Å². The number of carboxylic acid groups (broad SMARTS) is 1. The van der Waals surface area contributed by atoms with E-state index in [-0.39, 0.29) is 11.8 Å². The summed E-state index contributed by atoms with van der Waals surface area (Å²) in [5.74, 6) is -0.235. The minimum Gasteiger partial charge on any atom is -0.481 e. The van der Waals surface area contributed by atoms with Crippen molar-refractivity contribution < 1.29 is 9.90 Å². The van der Waals surface area contributed by atoms with Crippen LogP contribution in [0.1, 0.15) is 44.1 Å². The summed E-state index contributed by atoms with van der Waals surface area (Å²) >= 11 is 0. The third kappa shape index (κ3) is 2.80. The van der Waals surface area contributed by atoms with Crippen LogP contribution in [0, 0.1) is 11.8 Å². The van der Waals surface area contributed by atoms with E-state index < -0.39 is 5.97 Å². The van der Waals surface area contributed by atoms with Gasteiger partial charge in [-0.3, -0.25) is 4.79 Å². The van der Waals surface area contributed by atoms with Gasteiger partial charge in [0, 0.05) is 0 Å². The van der Waals surface area contributed by atoms with Crippen LogP contribution in [0.2, 0.25) is 0 Å². The molecule has 2 aromatic rings. The molecule has 1 aliphatic rings. The summed E-state index contributed by atoms with van der Waals surface area (Å²) in [6, 6.07) is 14.9. The van der Waals surface area contributed by atoms with E-state index >= 15 is 0 Å². The molecule has 0 saturated heterocycles.